The van der Waals surface area contributed by atoms with Crippen LogP contribution in [0.2, 0.25) is 0 Å². The molecule has 9 heteroatoms. The summed E-state index contributed by atoms with van der Waals surface area (Å²) in [6.07, 6.45) is 1.50. The van der Waals surface area contributed by atoms with Crippen LogP contribution in [0.15, 0.2) is 72.9 Å². The Kier molecular flexibility index (Phi) is 5.19. The Morgan fingerprint density at radius 2 is 1.83 bits per heavy atom. The first kappa shape index (κ1) is 18.2. The average molecular weight is 390 g/mol. The van der Waals surface area contributed by atoms with E-state index in [2.05, 4.69) is 25.8 Å². The number of benzene rings is 2. The summed E-state index contributed by atoms with van der Waals surface area (Å²) in [4.78, 5) is 16.7. The first-order valence-electron chi connectivity index (χ1n) is 8.69. The van der Waals surface area contributed by atoms with Crippen molar-refractivity contribution in [3.8, 4) is 5.69 Å². The molecule has 2 aromatic carbocycles. The van der Waals surface area contributed by atoms with Crippen molar-refractivity contribution in [1.82, 2.24) is 25.2 Å². The molecule has 0 fully saturated rings. The molecule has 4 rings (SSSR count). The van der Waals surface area contributed by atoms with E-state index in [0.717, 1.165) is 5.69 Å². The molecule has 0 aliphatic carbocycles. The van der Waals surface area contributed by atoms with Crippen LogP contribution in [0.1, 0.15) is 16.2 Å². The highest BCUT2D eigenvalue weighted by atomic mass is 19.1. The van der Waals surface area contributed by atoms with Crippen molar-refractivity contribution in [2.75, 3.05) is 5.32 Å². The van der Waals surface area contributed by atoms with E-state index in [4.69, 9.17) is 4.74 Å². The van der Waals surface area contributed by atoms with Gasteiger partial charge in [-0.3, -0.25) is 0 Å². The zero-order valence-corrected chi connectivity index (χ0v) is 15.1. The van der Waals surface area contributed by atoms with E-state index in [1.807, 2.05) is 30.3 Å². The van der Waals surface area contributed by atoms with Gasteiger partial charge in [-0.25, -0.2) is 14.2 Å². The molecule has 0 amide bonds. The van der Waals surface area contributed by atoms with Gasteiger partial charge in [-0.1, -0.05) is 30.3 Å². The fourth-order valence-corrected chi connectivity index (χ4v) is 2.63. The number of hydrogen-bond donors (Lipinski definition) is 1. The van der Waals surface area contributed by atoms with Crippen molar-refractivity contribution in [3.63, 3.8) is 0 Å². The summed E-state index contributed by atoms with van der Waals surface area (Å²) in [6.45, 7) is -0.144. The van der Waals surface area contributed by atoms with Gasteiger partial charge in [-0.2, -0.15) is 4.68 Å². The molecule has 2 heterocycles. The van der Waals surface area contributed by atoms with Crippen molar-refractivity contribution >= 4 is 17.5 Å². The molecule has 144 valence electrons. The molecular weight excluding hydrogens is 375 g/mol. The van der Waals surface area contributed by atoms with Crippen molar-refractivity contribution in [1.29, 1.82) is 0 Å². The van der Waals surface area contributed by atoms with Crippen LogP contribution < -0.4 is 5.32 Å². The molecule has 0 aliphatic heterocycles. The monoisotopic (exact) mass is 390 g/mol. The molecule has 0 radical (unpaired) electrons. The minimum absolute atomic E-state index is 0.144. The number of anilines is 2. The third kappa shape index (κ3) is 4.08. The highest BCUT2D eigenvalue weighted by Gasteiger charge is 2.17. The summed E-state index contributed by atoms with van der Waals surface area (Å²) >= 11 is 0. The van der Waals surface area contributed by atoms with E-state index in [1.54, 1.807) is 30.3 Å². The normalized spacial score (nSPS) is 10.5. The highest BCUT2D eigenvalue weighted by Crippen LogP contribution is 2.21. The maximum absolute atomic E-state index is 13.9. The smallest absolute Gasteiger partial charge is 0.342 e. The second-order valence-corrected chi connectivity index (χ2v) is 5.92. The van der Waals surface area contributed by atoms with Gasteiger partial charge in [0.2, 0.25) is 0 Å². The molecule has 1 N–H and O–H groups in total. The molecule has 0 spiro atoms. The number of ether oxygens (including phenoxy) is 1. The molecule has 0 saturated carbocycles. The lowest BCUT2D eigenvalue weighted by Crippen LogP contribution is -2.12. The van der Waals surface area contributed by atoms with E-state index in [9.17, 15) is 9.18 Å². The van der Waals surface area contributed by atoms with Crippen LogP contribution in [0, 0.1) is 5.82 Å². The minimum atomic E-state index is -0.639. The fourth-order valence-electron chi connectivity index (χ4n) is 2.63. The summed E-state index contributed by atoms with van der Waals surface area (Å²) in [5, 5.41) is 14.3. The Bertz CT molecular complexity index is 1130. The SMILES string of the molecule is O=C(OCc1nnnn1-c1ccccc1)c1cccnc1Nc1ccccc1F. The fraction of sp³-hybridized carbons (Fsp3) is 0.0500. The van der Waals surface area contributed by atoms with Gasteiger partial charge in [-0.05, 0) is 46.8 Å². The predicted molar refractivity (Wildman–Crippen MR) is 102 cm³/mol. The van der Waals surface area contributed by atoms with Crippen molar-refractivity contribution in [2.45, 2.75) is 6.61 Å². The van der Waals surface area contributed by atoms with Crippen LogP contribution in [-0.4, -0.2) is 31.2 Å². The number of para-hydroxylation sites is 2. The molecule has 4 aromatic rings. The number of carbonyl (C=O) groups excluding carboxylic acids is 1. The standard InChI is InChI=1S/C20H15FN6O2/c21-16-10-4-5-11-17(16)23-19-15(9-6-12-22-19)20(28)29-13-18-24-25-26-27(18)14-7-2-1-3-8-14/h1-12H,13H2,(H,22,23). The zero-order chi connectivity index (χ0) is 20.1. The quantitative estimate of drug-likeness (QED) is 0.505. The van der Waals surface area contributed by atoms with Gasteiger partial charge in [0, 0.05) is 6.20 Å². The lowest BCUT2D eigenvalue weighted by Gasteiger charge is -2.11. The van der Waals surface area contributed by atoms with Crippen LogP contribution in [0.25, 0.3) is 5.69 Å². The minimum Gasteiger partial charge on any atom is -0.454 e. The number of nitrogens with one attached hydrogen (secondary N) is 1. The molecular formula is C20H15FN6O2. The molecule has 0 saturated heterocycles. The van der Waals surface area contributed by atoms with Crippen molar-refractivity contribution in [2.24, 2.45) is 0 Å². The van der Waals surface area contributed by atoms with Gasteiger partial charge < -0.3 is 10.1 Å². The third-order valence-electron chi connectivity index (χ3n) is 4.02. The van der Waals surface area contributed by atoms with Crippen molar-refractivity contribution in [3.05, 3.63) is 90.1 Å². The lowest BCUT2D eigenvalue weighted by molar-refractivity contribution is 0.0460. The number of halogens is 1. The first-order chi connectivity index (χ1) is 14.2. The molecule has 0 unspecified atom stereocenters. The number of esters is 1. The van der Waals surface area contributed by atoms with Gasteiger partial charge in [0.1, 0.15) is 17.2 Å². The second-order valence-electron chi connectivity index (χ2n) is 5.92. The Morgan fingerprint density at radius 1 is 1.03 bits per heavy atom. The van der Waals surface area contributed by atoms with Gasteiger partial charge >= 0.3 is 5.97 Å². The van der Waals surface area contributed by atoms with Crippen LogP contribution in [0.5, 0.6) is 0 Å². The number of pyridine rings is 1. The Hall–Kier alpha value is -4.14. The number of hydrogen-bond acceptors (Lipinski definition) is 7. The summed E-state index contributed by atoms with van der Waals surface area (Å²) in [7, 11) is 0. The molecule has 29 heavy (non-hydrogen) atoms. The van der Waals surface area contributed by atoms with Crippen LogP contribution in [0.3, 0.4) is 0 Å². The Labute approximate surface area is 165 Å². The molecule has 0 aliphatic rings. The first-order valence-corrected chi connectivity index (χ1v) is 8.69. The summed E-state index contributed by atoms with van der Waals surface area (Å²) in [6, 6.07) is 18.5. The Morgan fingerprint density at radius 3 is 2.66 bits per heavy atom. The van der Waals surface area contributed by atoms with E-state index in [-0.39, 0.29) is 23.7 Å². The van der Waals surface area contributed by atoms with Crippen LogP contribution in [-0.2, 0) is 11.3 Å². The maximum Gasteiger partial charge on any atom is 0.342 e. The number of carbonyl (C=O) groups is 1. The maximum atomic E-state index is 13.9. The number of nitrogens with zero attached hydrogens (tertiary/aromatic N) is 5. The molecule has 0 atom stereocenters. The topological polar surface area (TPSA) is 94.8 Å². The van der Waals surface area contributed by atoms with Gasteiger partial charge in [-0.15, -0.1) is 5.10 Å². The number of aromatic nitrogens is 5. The Balaban J connectivity index is 1.51. The molecule has 8 nitrogen and oxygen atoms in total. The number of tetrazole rings is 1. The summed E-state index contributed by atoms with van der Waals surface area (Å²) < 4.78 is 20.8. The number of rotatable bonds is 6. The van der Waals surface area contributed by atoms with Crippen molar-refractivity contribution < 1.29 is 13.9 Å². The average Bonchev–Trinajstić information content (AvgIpc) is 3.23. The van der Waals surface area contributed by atoms with E-state index >= 15 is 0 Å². The van der Waals surface area contributed by atoms with E-state index in [1.165, 1.54) is 16.9 Å². The van der Waals surface area contributed by atoms with Gasteiger partial charge in [0.15, 0.2) is 12.4 Å². The van der Waals surface area contributed by atoms with E-state index in [0.29, 0.717) is 5.82 Å². The molecule has 2 aromatic heterocycles. The zero-order valence-electron chi connectivity index (χ0n) is 15.1. The van der Waals surface area contributed by atoms with Crippen LogP contribution >= 0.6 is 0 Å². The van der Waals surface area contributed by atoms with Gasteiger partial charge in [0.05, 0.1) is 11.4 Å². The largest absolute Gasteiger partial charge is 0.454 e. The van der Waals surface area contributed by atoms with Gasteiger partial charge in [0.25, 0.3) is 0 Å². The molecule has 0 bridgehead atoms. The highest BCUT2D eigenvalue weighted by molar-refractivity contribution is 5.95. The van der Waals surface area contributed by atoms with E-state index < -0.39 is 11.8 Å². The second kappa shape index (κ2) is 8.26. The third-order valence-corrected chi connectivity index (χ3v) is 4.02. The predicted octanol–water partition coefficient (Wildman–Crippen LogP) is 3.30. The lowest BCUT2D eigenvalue weighted by atomic mass is 10.2. The summed E-state index contributed by atoms with van der Waals surface area (Å²) in [5.41, 5.74) is 1.11. The summed E-state index contributed by atoms with van der Waals surface area (Å²) in [5.74, 6) is -0.554. The van der Waals surface area contributed by atoms with Crippen LogP contribution in [0.4, 0.5) is 15.9 Å².